The molecule has 8 heteroatoms. The zero-order valence-electron chi connectivity index (χ0n) is 19.6. The second-order valence-corrected chi connectivity index (χ2v) is 8.74. The summed E-state index contributed by atoms with van der Waals surface area (Å²) in [5.74, 6) is -1.25. The Morgan fingerprint density at radius 3 is 2.60 bits per heavy atom. The van der Waals surface area contributed by atoms with Gasteiger partial charge < -0.3 is 28.8 Å². The van der Waals surface area contributed by atoms with Crippen molar-refractivity contribution in [1.29, 1.82) is 0 Å². The van der Waals surface area contributed by atoms with Gasteiger partial charge in [0, 0.05) is 11.0 Å². The van der Waals surface area contributed by atoms with Crippen LogP contribution in [0.5, 0.6) is 5.75 Å². The largest absolute Gasteiger partial charge is 0.868 e. The number of amides is 1. The van der Waals surface area contributed by atoms with Crippen LogP contribution in [0.15, 0.2) is 70.3 Å². The Hall–Kier alpha value is -3.62. The van der Waals surface area contributed by atoms with Gasteiger partial charge in [0.15, 0.2) is 5.76 Å². The number of para-hydroxylation sites is 1. The number of hydrogen-bond acceptors (Lipinski definition) is 6. The Kier molecular flexibility index (Phi) is 6.57. The highest BCUT2D eigenvalue weighted by Gasteiger charge is 2.40. The lowest BCUT2D eigenvalue weighted by Crippen LogP contribution is -3.14. The number of morpholine rings is 1. The lowest BCUT2D eigenvalue weighted by Gasteiger charge is -2.30. The fourth-order valence-electron chi connectivity index (χ4n) is 4.78. The first-order valence-electron chi connectivity index (χ1n) is 12.0. The van der Waals surface area contributed by atoms with Crippen molar-refractivity contribution < 1.29 is 33.5 Å². The molecule has 0 spiro atoms. The van der Waals surface area contributed by atoms with Crippen LogP contribution < -0.4 is 14.7 Å². The average molecular weight is 477 g/mol. The summed E-state index contributed by atoms with van der Waals surface area (Å²) < 4.78 is 16.7. The summed E-state index contributed by atoms with van der Waals surface area (Å²) in [7, 11) is 0. The highest BCUT2D eigenvalue weighted by molar-refractivity contribution is 6.15. The lowest BCUT2D eigenvalue weighted by atomic mass is 9.95. The highest BCUT2D eigenvalue weighted by Crippen LogP contribution is 2.39. The van der Waals surface area contributed by atoms with Crippen LogP contribution in [-0.2, 0) is 9.53 Å². The molecule has 1 aromatic heterocycles. The van der Waals surface area contributed by atoms with Crippen molar-refractivity contribution in [1.82, 2.24) is 4.90 Å². The van der Waals surface area contributed by atoms with E-state index < -0.39 is 23.5 Å². The fourth-order valence-corrected chi connectivity index (χ4v) is 4.78. The molecule has 3 aromatic rings. The number of ether oxygens (including phenoxy) is 2. The van der Waals surface area contributed by atoms with Gasteiger partial charge in [0.2, 0.25) is 11.7 Å². The molecule has 5 rings (SSSR count). The molecule has 0 saturated carbocycles. The molecule has 1 atom stereocenters. The second-order valence-electron chi connectivity index (χ2n) is 8.74. The SMILES string of the molecule is CCOc1ccc(C2C(C(=O)c3cc4ccccc4o3)=C([O-])C(=O)N2CC[NH+]2CCOCC2)cc1. The number of carbonyl (C=O) groups excluding carboxylic acids is 2. The molecule has 1 saturated heterocycles. The molecule has 0 bridgehead atoms. The van der Waals surface area contributed by atoms with Crippen molar-refractivity contribution >= 4 is 22.7 Å². The number of fused-ring (bicyclic) bond motifs is 1. The average Bonchev–Trinajstić information content (AvgIpc) is 3.43. The number of hydrogen-bond donors (Lipinski definition) is 1. The first kappa shape index (κ1) is 23.1. The van der Waals surface area contributed by atoms with Crippen LogP contribution in [-0.4, -0.2) is 62.6 Å². The van der Waals surface area contributed by atoms with Crippen LogP contribution in [0, 0.1) is 0 Å². The summed E-state index contributed by atoms with van der Waals surface area (Å²) >= 11 is 0. The van der Waals surface area contributed by atoms with Crippen LogP contribution in [0.25, 0.3) is 11.0 Å². The van der Waals surface area contributed by atoms with Gasteiger partial charge in [-0.1, -0.05) is 30.3 Å². The zero-order chi connectivity index (χ0) is 24.4. The molecule has 8 nitrogen and oxygen atoms in total. The molecule has 2 aromatic carbocycles. The minimum absolute atomic E-state index is 0.0546. The van der Waals surface area contributed by atoms with Gasteiger partial charge in [-0.15, -0.1) is 0 Å². The lowest BCUT2D eigenvalue weighted by molar-refractivity contribution is -0.907. The number of rotatable bonds is 8. The summed E-state index contributed by atoms with van der Waals surface area (Å²) in [5.41, 5.74) is 1.16. The summed E-state index contributed by atoms with van der Waals surface area (Å²) in [4.78, 5) is 29.6. The Balaban J connectivity index is 1.49. The molecule has 1 fully saturated rings. The number of nitrogens with one attached hydrogen (secondary N) is 1. The minimum atomic E-state index is -0.785. The third-order valence-corrected chi connectivity index (χ3v) is 6.59. The molecule has 35 heavy (non-hydrogen) atoms. The number of benzene rings is 2. The smallest absolute Gasteiger partial charge is 0.240 e. The molecule has 0 aliphatic carbocycles. The maximum atomic E-state index is 13.6. The number of furan rings is 1. The quantitative estimate of drug-likeness (QED) is 0.490. The number of nitrogens with zero attached hydrogens (tertiary/aromatic N) is 1. The standard InChI is InChI=1S/C27H28N2O6/c1-2-34-20-9-7-18(8-10-20)24-23(25(30)22-17-19-5-3-4-6-21(19)35-22)26(31)27(32)29(24)12-11-28-13-15-33-16-14-28/h3-10,17,24,31H,2,11-16H2,1H3. The zero-order valence-corrected chi connectivity index (χ0v) is 19.6. The van der Waals surface area contributed by atoms with Crippen molar-refractivity contribution in [3.05, 3.63) is 77.3 Å². The summed E-state index contributed by atoms with van der Waals surface area (Å²) in [5, 5.41) is 14.0. The molecule has 182 valence electrons. The number of ketones is 1. The van der Waals surface area contributed by atoms with E-state index in [9.17, 15) is 14.7 Å². The maximum Gasteiger partial charge on any atom is 0.240 e. The normalized spacial score (nSPS) is 19.1. The first-order chi connectivity index (χ1) is 17.1. The molecule has 1 N–H and O–H groups in total. The van der Waals surface area contributed by atoms with Crippen LogP contribution in [0.4, 0.5) is 0 Å². The predicted molar refractivity (Wildman–Crippen MR) is 126 cm³/mol. The Morgan fingerprint density at radius 1 is 1.14 bits per heavy atom. The van der Waals surface area contributed by atoms with Crippen LogP contribution in [0.2, 0.25) is 0 Å². The van der Waals surface area contributed by atoms with Gasteiger partial charge in [-0.2, -0.15) is 0 Å². The Bertz CT molecular complexity index is 1220. The van der Waals surface area contributed by atoms with Crippen LogP contribution in [0.3, 0.4) is 0 Å². The molecule has 1 amide bonds. The molecular weight excluding hydrogens is 448 g/mol. The second kappa shape index (κ2) is 9.93. The third kappa shape index (κ3) is 4.54. The van der Waals surface area contributed by atoms with E-state index in [1.165, 1.54) is 9.80 Å². The molecule has 0 radical (unpaired) electrons. The molecule has 2 aliphatic rings. The van der Waals surface area contributed by atoms with Gasteiger partial charge in [0.1, 0.15) is 24.4 Å². The van der Waals surface area contributed by atoms with Crippen LogP contribution in [0.1, 0.15) is 29.1 Å². The van der Waals surface area contributed by atoms with Gasteiger partial charge in [0.05, 0.1) is 39.0 Å². The van der Waals surface area contributed by atoms with E-state index in [-0.39, 0.29) is 11.3 Å². The topological polar surface area (TPSA) is 96.5 Å². The number of quaternary nitrogens is 1. The molecule has 3 heterocycles. The van der Waals surface area contributed by atoms with Crippen molar-refractivity contribution in [3.8, 4) is 5.75 Å². The molecular formula is C27H28N2O6. The minimum Gasteiger partial charge on any atom is -0.868 e. The fraction of sp³-hybridized carbons (Fsp3) is 0.333. The van der Waals surface area contributed by atoms with E-state index in [4.69, 9.17) is 13.9 Å². The van der Waals surface area contributed by atoms with Crippen molar-refractivity contribution in [2.45, 2.75) is 13.0 Å². The number of Topliss-reactive ketones (excluding diaryl/α,β-unsaturated/α-hetero) is 1. The predicted octanol–water partition coefficient (Wildman–Crippen LogP) is 1.13. The van der Waals surface area contributed by atoms with Gasteiger partial charge in [-0.25, -0.2) is 0 Å². The van der Waals surface area contributed by atoms with E-state index in [1.807, 2.05) is 37.3 Å². The summed E-state index contributed by atoms with van der Waals surface area (Å²) in [6, 6.07) is 15.3. The van der Waals surface area contributed by atoms with E-state index in [2.05, 4.69) is 0 Å². The maximum absolute atomic E-state index is 13.6. The van der Waals surface area contributed by atoms with Gasteiger partial charge >= 0.3 is 0 Å². The first-order valence-corrected chi connectivity index (χ1v) is 12.0. The number of carbonyl (C=O) groups is 2. The van der Waals surface area contributed by atoms with Crippen LogP contribution >= 0.6 is 0 Å². The van der Waals surface area contributed by atoms with E-state index in [0.29, 0.717) is 49.8 Å². The Labute approximate surface area is 203 Å². The monoisotopic (exact) mass is 476 g/mol. The Morgan fingerprint density at radius 2 is 1.89 bits per heavy atom. The van der Waals surface area contributed by atoms with Gasteiger partial charge in [-0.3, -0.25) is 9.59 Å². The third-order valence-electron chi connectivity index (χ3n) is 6.59. The van der Waals surface area contributed by atoms with Gasteiger partial charge in [0.25, 0.3) is 0 Å². The van der Waals surface area contributed by atoms with Gasteiger partial charge in [-0.05, 0) is 42.5 Å². The van der Waals surface area contributed by atoms with Crippen molar-refractivity contribution in [2.75, 3.05) is 46.0 Å². The summed E-state index contributed by atoms with van der Waals surface area (Å²) in [6.45, 7) is 6.48. The molecule has 2 aliphatic heterocycles. The van der Waals surface area contributed by atoms with E-state index in [0.717, 1.165) is 18.5 Å². The van der Waals surface area contributed by atoms with Crippen molar-refractivity contribution in [3.63, 3.8) is 0 Å². The highest BCUT2D eigenvalue weighted by atomic mass is 16.5. The van der Waals surface area contributed by atoms with E-state index >= 15 is 0 Å². The summed E-state index contributed by atoms with van der Waals surface area (Å²) in [6.07, 6.45) is 0. The van der Waals surface area contributed by atoms with E-state index in [1.54, 1.807) is 24.3 Å². The molecule has 1 unspecified atom stereocenters. The van der Waals surface area contributed by atoms with Crippen molar-refractivity contribution in [2.24, 2.45) is 0 Å².